The lowest BCUT2D eigenvalue weighted by molar-refractivity contribution is -0.117. The Labute approximate surface area is 120 Å². The number of benzene rings is 1. The lowest BCUT2D eigenvalue weighted by Gasteiger charge is -2.19. The molecule has 1 amide bonds. The molecule has 110 valence electrons. The SMILES string of the molecule is COc1ccc(F)cc1N1CC(CS(=O)(=O)Cl)CC1=O. The number of ether oxygens (including phenoxy) is 1. The van der Waals surface area contributed by atoms with Crippen molar-refractivity contribution in [3.05, 3.63) is 24.0 Å². The minimum Gasteiger partial charge on any atom is -0.495 e. The van der Waals surface area contributed by atoms with Crippen LogP contribution in [0.1, 0.15) is 6.42 Å². The Morgan fingerprint density at radius 1 is 1.50 bits per heavy atom. The van der Waals surface area contributed by atoms with Gasteiger partial charge >= 0.3 is 0 Å². The molecule has 0 aliphatic carbocycles. The summed E-state index contributed by atoms with van der Waals surface area (Å²) in [6.45, 7) is 0.171. The molecule has 0 bridgehead atoms. The van der Waals surface area contributed by atoms with Crippen molar-refractivity contribution in [2.75, 3.05) is 24.3 Å². The third-order valence-corrected chi connectivity index (χ3v) is 4.32. The number of nitrogens with zero attached hydrogens (tertiary/aromatic N) is 1. The summed E-state index contributed by atoms with van der Waals surface area (Å²) in [6, 6.07) is 3.83. The zero-order valence-corrected chi connectivity index (χ0v) is 12.2. The van der Waals surface area contributed by atoms with Gasteiger partial charge in [0, 0.05) is 35.6 Å². The zero-order chi connectivity index (χ0) is 14.9. The maximum atomic E-state index is 13.3. The number of carbonyl (C=O) groups excluding carboxylic acids is 1. The Morgan fingerprint density at radius 2 is 2.20 bits per heavy atom. The van der Waals surface area contributed by atoms with Crippen LogP contribution in [0.3, 0.4) is 0 Å². The van der Waals surface area contributed by atoms with E-state index in [4.69, 9.17) is 15.4 Å². The van der Waals surface area contributed by atoms with Gasteiger partial charge in [0.05, 0.1) is 18.6 Å². The van der Waals surface area contributed by atoms with Crippen molar-refractivity contribution in [1.29, 1.82) is 0 Å². The van der Waals surface area contributed by atoms with Crippen molar-refractivity contribution in [2.45, 2.75) is 6.42 Å². The van der Waals surface area contributed by atoms with E-state index in [1.54, 1.807) is 0 Å². The van der Waals surface area contributed by atoms with Crippen molar-refractivity contribution in [3.8, 4) is 5.75 Å². The first-order valence-corrected chi connectivity index (χ1v) is 8.34. The summed E-state index contributed by atoms with van der Waals surface area (Å²) in [5.41, 5.74) is 0.298. The summed E-state index contributed by atoms with van der Waals surface area (Å²) >= 11 is 0. The summed E-state index contributed by atoms with van der Waals surface area (Å²) in [5.74, 6) is -1.11. The molecule has 0 spiro atoms. The van der Waals surface area contributed by atoms with Gasteiger partial charge in [-0.05, 0) is 12.1 Å². The molecule has 1 unspecified atom stereocenters. The van der Waals surface area contributed by atoms with E-state index in [-0.39, 0.29) is 24.6 Å². The largest absolute Gasteiger partial charge is 0.495 e. The van der Waals surface area contributed by atoms with Crippen LogP contribution in [-0.4, -0.2) is 33.7 Å². The predicted octanol–water partition coefficient (Wildman–Crippen LogP) is 1.76. The van der Waals surface area contributed by atoms with Gasteiger partial charge in [0.25, 0.3) is 0 Å². The van der Waals surface area contributed by atoms with E-state index in [1.807, 2.05) is 0 Å². The maximum Gasteiger partial charge on any atom is 0.232 e. The fourth-order valence-electron chi connectivity index (χ4n) is 2.28. The van der Waals surface area contributed by atoms with Gasteiger partial charge in [0.2, 0.25) is 15.0 Å². The second kappa shape index (κ2) is 5.57. The van der Waals surface area contributed by atoms with Crippen LogP contribution in [-0.2, 0) is 13.8 Å². The zero-order valence-electron chi connectivity index (χ0n) is 10.7. The van der Waals surface area contributed by atoms with Gasteiger partial charge in [-0.2, -0.15) is 0 Å². The van der Waals surface area contributed by atoms with Crippen molar-refractivity contribution < 1.29 is 22.3 Å². The third-order valence-electron chi connectivity index (χ3n) is 3.07. The Hall–Kier alpha value is -1.34. The molecule has 5 nitrogen and oxygen atoms in total. The van der Waals surface area contributed by atoms with Crippen molar-refractivity contribution in [1.82, 2.24) is 0 Å². The van der Waals surface area contributed by atoms with Crippen LogP contribution in [0.4, 0.5) is 10.1 Å². The molecular formula is C12H13ClFNO4S. The summed E-state index contributed by atoms with van der Waals surface area (Å²) in [6.07, 6.45) is 0.0611. The second-order valence-corrected chi connectivity index (χ2v) is 7.42. The number of amides is 1. The first kappa shape index (κ1) is 15.1. The van der Waals surface area contributed by atoms with E-state index in [0.717, 1.165) is 0 Å². The molecule has 0 aromatic heterocycles. The lowest BCUT2D eigenvalue weighted by atomic mass is 10.1. The molecule has 1 aromatic rings. The van der Waals surface area contributed by atoms with Crippen LogP contribution < -0.4 is 9.64 Å². The van der Waals surface area contributed by atoms with Crippen LogP contribution in [0.25, 0.3) is 0 Å². The number of halogens is 2. The molecule has 1 fully saturated rings. The smallest absolute Gasteiger partial charge is 0.232 e. The number of hydrogen-bond donors (Lipinski definition) is 0. The summed E-state index contributed by atoms with van der Waals surface area (Å²) in [5, 5.41) is 0. The standard InChI is InChI=1S/C12H13ClFNO4S/c1-19-11-3-2-9(14)5-10(11)15-6-8(4-12(15)16)7-20(13,17)18/h2-3,5,8H,4,6-7H2,1H3. The molecule has 0 N–H and O–H groups in total. The van der Waals surface area contributed by atoms with Crippen molar-refractivity contribution >= 4 is 31.3 Å². The third kappa shape index (κ3) is 3.40. The highest BCUT2D eigenvalue weighted by Crippen LogP contribution is 2.34. The summed E-state index contributed by atoms with van der Waals surface area (Å²) < 4.78 is 40.5. The fourth-order valence-corrected chi connectivity index (χ4v) is 3.60. The monoisotopic (exact) mass is 321 g/mol. The molecule has 1 aliphatic rings. The van der Waals surface area contributed by atoms with Gasteiger partial charge < -0.3 is 9.64 Å². The van der Waals surface area contributed by atoms with Crippen LogP contribution >= 0.6 is 10.7 Å². The van der Waals surface area contributed by atoms with E-state index < -0.39 is 20.8 Å². The molecule has 20 heavy (non-hydrogen) atoms. The quantitative estimate of drug-likeness (QED) is 0.793. The number of carbonyl (C=O) groups is 1. The Balaban J connectivity index is 2.26. The van der Waals surface area contributed by atoms with Crippen LogP contribution in [0, 0.1) is 11.7 Å². The minimum absolute atomic E-state index is 0.0611. The summed E-state index contributed by atoms with van der Waals surface area (Å²) in [7, 11) is 2.94. The van der Waals surface area contributed by atoms with Crippen LogP contribution in [0.15, 0.2) is 18.2 Å². The topological polar surface area (TPSA) is 63.7 Å². The molecule has 0 saturated carbocycles. The van der Waals surface area contributed by atoms with E-state index in [0.29, 0.717) is 11.4 Å². The average molecular weight is 322 g/mol. The number of anilines is 1. The Bertz CT molecular complexity index is 634. The van der Waals surface area contributed by atoms with Crippen molar-refractivity contribution in [3.63, 3.8) is 0 Å². The maximum absolute atomic E-state index is 13.3. The number of methoxy groups -OCH3 is 1. The van der Waals surface area contributed by atoms with E-state index in [1.165, 1.54) is 30.2 Å². The first-order valence-electron chi connectivity index (χ1n) is 5.86. The minimum atomic E-state index is -3.67. The van der Waals surface area contributed by atoms with Gasteiger partial charge in [0.1, 0.15) is 11.6 Å². The molecule has 0 radical (unpaired) electrons. The van der Waals surface area contributed by atoms with E-state index in [2.05, 4.69) is 0 Å². The van der Waals surface area contributed by atoms with Gasteiger partial charge in [-0.15, -0.1) is 0 Å². The molecule has 1 saturated heterocycles. The van der Waals surface area contributed by atoms with Gasteiger partial charge in [-0.25, -0.2) is 12.8 Å². The first-order chi connectivity index (χ1) is 9.30. The Kier molecular flexibility index (Phi) is 4.19. The lowest BCUT2D eigenvalue weighted by Crippen LogP contribution is -2.26. The Morgan fingerprint density at radius 3 is 2.80 bits per heavy atom. The average Bonchev–Trinajstić information content (AvgIpc) is 2.67. The number of rotatable bonds is 4. The predicted molar refractivity (Wildman–Crippen MR) is 73.1 cm³/mol. The van der Waals surface area contributed by atoms with Gasteiger partial charge in [-0.3, -0.25) is 4.79 Å². The molecule has 1 aliphatic heterocycles. The number of hydrogen-bond acceptors (Lipinski definition) is 4. The molecule has 8 heteroatoms. The highest BCUT2D eigenvalue weighted by atomic mass is 35.7. The van der Waals surface area contributed by atoms with Gasteiger partial charge in [0.15, 0.2) is 0 Å². The highest BCUT2D eigenvalue weighted by molar-refractivity contribution is 8.13. The normalized spacial score (nSPS) is 19.4. The van der Waals surface area contributed by atoms with E-state index in [9.17, 15) is 17.6 Å². The van der Waals surface area contributed by atoms with Gasteiger partial charge in [-0.1, -0.05) is 0 Å². The summed E-state index contributed by atoms with van der Waals surface area (Å²) in [4.78, 5) is 13.3. The fraction of sp³-hybridized carbons (Fsp3) is 0.417. The molecule has 2 rings (SSSR count). The van der Waals surface area contributed by atoms with Crippen molar-refractivity contribution in [2.24, 2.45) is 5.92 Å². The van der Waals surface area contributed by atoms with Crippen LogP contribution in [0.5, 0.6) is 5.75 Å². The van der Waals surface area contributed by atoms with Crippen LogP contribution in [0.2, 0.25) is 0 Å². The molecule has 1 aromatic carbocycles. The second-order valence-electron chi connectivity index (χ2n) is 4.60. The molecule has 1 heterocycles. The molecular weight excluding hydrogens is 309 g/mol. The highest BCUT2D eigenvalue weighted by Gasteiger charge is 2.34. The van der Waals surface area contributed by atoms with E-state index >= 15 is 0 Å². The molecule has 1 atom stereocenters.